The van der Waals surface area contributed by atoms with Gasteiger partial charge >= 0.3 is 0 Å². The predicted octanol–water partition coefficient (Wildman–Crippen LogP) is 2.75. The Kier molecular flexibility index (Phi) is 4.18. The van der Waals surface area contributed by atoms with E-state index in [-0.39, 0.29) is 17.8 Å². The summed E-state index contributed by atoms with van der Waals surface area (Å²) < 4.78 is 11.6. The summed E-state index contributed by atoms with van der Waals surface area (Å²) >= 11 is 0. The van der Waals surface area contributed by atoms with Crippen LogP contribution in [-0.4, -0.2) is 47.9 Å². The molecule has 1 aliphatic heterocycles. The lowest BCUT2D eigenvalue weighted by molar-refractivity contribution is 0.0517. The Hall–Kier alpha value is -2.76. The molecule has 0 saturated heterocycles. The van der Waals surface area contributed by atoms with Gasteiger partial charge in [-0.05, 0) is 37.5 Å². The van der Waals surface area contributed by atoms with Gasteiger partial charge in [-0.25, -0.2) is 0 Å². The van der Waals surface area contributed by atoms with Crippen molar-refractivity contribution < 1.29 is 19.1 Å². The quantitative estimate of drug-likeness (QED) is 0.920. The van der Waals surface area contributed by atoms with Gasteiger partial charge in [0.2, 0.25) is 0 Å². The van der Waals surface area contributed by atoms with Gasteiger partial charge in [-0.1, -0.05) is 12.1 Å². The van der Waals surface area contributed by atoms with E-state index in [1.54, 1.807) is 11.9 Å². The third-order valence-corrected chi connectivity index (χ3v) is 5.04. The number of nitrogens with zero attached hydrogens (tertiary/aromatic N) is 1. The Bertz CT molecular complexity index is 871. The minimum atomic E-state index is -0.231. The van der Waals surface area contributed by atoms with Gasteiger partial charge < -0.3 is 19.4 Å². The highest BCUT2D eigenvalue weighted by Gasteiger charge is 2.29. The number of likely N-dealkylation sites (N-methyl/N-ethyl adjacent to an activating group) is 1. The second kappa shape index (κ2) is 6.52. The van der Waals surface area contributed by atoms with E-state index in [0.717, 1.165) is 29.8 Å². The lowest BCUT2D eigenvalue weighted by atomic mass is 9.94. The zero-order chi connectivity index (χ0) is 18.3. The summed E-state index contributed by atoms with van der Waals surface area (Å²) in [5.41, 5.74) is 2.86. The average Bonchev–Trinajstić information content (AvgIpc) is 2.99. The molecule has 0 unspecified atom stereocenters. The van der Waals surface area contributed by atoms with Crippen molar-refractivity contribution >= 4 is 11.7 Å². The van der Waals surface area contributed by atoms with Gasteiger partial charge in [0.25, 0.3) is 5.91 Å². The molecule has 1 aliphatic carbocycles. The predicted molar refractivity (Wildman–Crippen MR) is 96.1 cm³/mol. The number of carbonyl (C=O) groups excluding carboxylic acids is 2. The van der Waals surface area contributed by atoms with Gasteiger partial charge in [-0.15, -0.1) is 0 Å². The van der Waals surface area contributed by atoms with E-state index < -0.39 is 0 Å². The minimum absolute atomic E-state index is 0.127. The highest BCUT2D eigenvalue weighted by molar-refractivity contribution is 6.04. The number of aryl methyl sites for hydroxylation is 1. The van der Waals surface area contributed by atoms with Gasteiger partial charge in [0.05, 0.1) is 6.54 Å². The highest BCUT2D eigenvalue weighted by atomic mass is 16.6. The summed E-state index contributed by atoms with van der Waals surface area (Å²) in [5.74, 6) is 1.42. The molecule has 1 atom stereocenters. The molecule has 1 amide bonds. The van der Waals surface area contributed by atoms with E-state index in [9.17, 15) is 9.59 Å². The molecule has 136 valence electrons. The largest absolute Gasteiger partial charge is 0.486 e. The second-order valence-electron chi connectivity index (χ2n) is 6.94. The number of hydrogen-bond donors (Lipinski definition) is 1. The number of aromatic amines is 1. The molecule has 1 aromatic heterocycles. The highest BCUT2D eigenvalue weighted by Crippen LogP contribution is 2.31. The maximum Gasteiger partial charge on any atom is 0.270 e. The smallest absolute Gasteiger partial charge is 0.270 e. The number of benzene rings is 1. The number of rotatable bonds is 3. The van der Waals surface area contributed by atoms with Gasteiger partial charge in [0.15, 0.2) is 23.4 Å². The normalized spacial score (nSPS) is 18.4. The van der Waals surface area contributed by atoms with E-state index in [1.807, 2.05) is 31.2 Å². The third kappa shape index (κ3) is 2.85. The van der Waals surface area contributed by atoms with Crippen LogP contribution < -0.4 is 9.47 Å². The first-order valence-electron chi connectivity index (χ1n) is 8.93. The van der Waals surface area contributed by atoms with E-state index in [2.05, 4.69) is 4.98 Å². The first-order chi connectivity index (χ1) is 12.5. The third-order valence-electron chi connectivity index (χ3n) is 5.04. The summed E-state index contributed by atoms with van der Waals surface area (Å²) in [7, 11) is 1.74. The van der Waals surface area contributed by atoms with E-state index in [1.165, 1.54) is 0 Å². The Morgan fingerprint density at radius 1 is 1.27 bits per heavy atom. The zero-order valence-electron chi connectivity index (χ0n) is 15.0. The molecule has 2 aliphatic rings. The van der Waals surface area contributed by atoms with Crippen LogP contribution in [0.25, 0.3) is 0 Å². The van der Waals surface area contributed by atoms with Gasteiger partial charge in [-0.3, -0.25) is 9.59 Å². The Morgan fingerprint density at radius 2 is 2.04 bits per heavy atom. The monoisotopic (exact) mass is 354 g/mol. The molecule has 2 heterocycles. The van der Waals surface area contributed by atoms with Crippen molar-refractivity contribution in [1.29, 1.82) is 0 Å². The average molecular weight is 354 g/mol. The van der Waals surface area contributed by atoms with Crippen molar-refractivity contribution in [3.05, 3.63) is 46.8 Å². The fraction of sp³-hybridized carbons (Fsp3) is 0.400. The summed E-state index contributed by atoms with van der Waals surface area (Å²) in [6, 6.07) is 7.51. The number of fused-ring (bicyclic) bond motifs is 2. The molecule has 0 fully saturated rings. The Labute approximate surface area is 152 Å². The molecule has 6 heteroatoms. The lowest BCUT2D eigenvalue weighted by Gasteiger charge is -2.29. The van der Waals surface area contributed by atoms with Gasteiger partial charge in [-0.2, -0.15) is 0 Å². The minimum Gasteiger partial charge on any atom is -0.486 e. The first-order valence-corrected chi connectivity index (χ1v) is 8.93. The Balaban J connectivity index is 1.48. The van der Waals surface area contributed by atoms with Crippen molar-refractivity contribution in [3.63, 3.8) is 0 Å². The lowest BCUT2D eigenvalue weighted by Crippen LogP contribution is -2.42. The molecular weight excluding hydrogens is 332 g/mol. The van der Waals surface area contributed by atoms with Crippen LogP contribution in [0, 0.1) is 6.92 Å². The first kappa shape index (κ1) is 16.7. The Morgan fingerprint density at radius 3 is 2.81 bits per heavy atom. The second-order valence-corrected chi connectivity index (χ2v) is 6.94. The van der Waals surface area contributed by atoms with E-state index in [4.69, 9.17) is 9.47 Å². The molecule has 0 bridgehead atoms. The van der Waals surface area contributed by atoms with Crippen molar-refractivity contribution in [2.24, 2.45) is 0 Å². The molecule has 0 radical (unpaired) electrons. The number of aromatic nitrogens is 1. The zero-order valence-corrected chi connectivity index (χ0v) is 15.0. The molecule has 26 heavy (non-hydrogen) atoms. The number of para-hydroxylation sites is 2. The number of amides is 1. The number of hydrogen-bond acceptors (Lipinski definition) is 4. The molecule has 0 saturated carbocycles. The molecule has 4 rings (SSSR count). The number of nitrogens with one attached hydrogen (secondary N) is 1. The fourth-order valence-electron chi connectivity index (χ4n) is 3.72. The van der Waals surface area contributed by atoms with Crippen molar-refractivity contribution in [3.8, 4) is 11.5 Å². The summed E-state index contributed by atoms with van der Waals surface area (Å²) in [4.78, 5) is 29.9. The number of ketones is 1. The van der Waals surface area contributed by atoms with Crippen LogP contribution in [0.4, 0.5) is 0 Å². The summed E-state index contributed by atoms with van der Waals surface area (Å²) in [6.07, 6.45) is 1.98. The van der Waals surface area contributed by atoms with Crippen molar-refractivity contribution in [1.82, 2.24) is 9.88 Å². The van der Waals surface area contributed by atoms with Gasteiger partial charge in [0.1, 0.15) is 12.3 Å². The van der Waals surface area contributed by atoms with Crippen LogP contribution in [0.15, 0.2) is 24.3 Å². The van der Waals surface area contributed by atoms with Crippen LogP contribution in [0.3, 0.4) is 0 Å². The molecule has 0 spiro atoms. The number of Topliss-reactive ketones (excluding diaryl/α,β-unsaturated/α-hetero) is 1. The van der Waals surface area contributed by atoms with Crippen LogP contribution in [-0.2, 0) is 6.42 Å². The van der Waals surface area contributed by atoms with Crippen LogP contribution >= 0.6 is 0 Å². The number of H-pyrrole nitrogens is 1. The number of carbonyl (C=O) groups is 2. The van der Waals surface area contributed by atoms with Crippen molar-refractivity contribution in [2.45, 2.75) is 32.3 Å². The standard InChI is InChI=1S/C20H22N2O4/c1-12-18-14(6-5-7-15(18)23)21-19(12)20(24)22(2)10-13-11-25-16-8-3-4-9-17(16)26-13/h3-4,8-9,13,21H,5-7,10-11H2,1-2H3/t13-/m0/s1. The van der Waals surface area contributed by atoms with Gasteiger partial charge in [0, 0.05) is 24.7 Å². The fourth-order valence-corrected chi connectivity index (χ4v) is 3.72. The summed E-state index contributed by atoms with van der Waals surface area (Å²) in [5, 5.41) is 0. The topological polar surface area (TPSA) is 71.6 Å². The van der Waals surface area contributed by atoms with E-state index >= 15 is 0 Å². The molecule has 6 nitrogen and oxygen atoms in total. The number of ether oxygens (including phenoxy) is 2. The SMILES string of the molecule is Cc1c(C(=O)N(C)C[C@H]2COc3ccccc3O2)[nH]c2c1C(=O)CCC2. The maximum absolute atomic E-state index is 12.9. The van der Waals surface area contributed by atoms with Crippen molar-refractivity contribution in [2.75, 3.05) is 20.2 Å². The maximum atomic E-state index is 12.9. The van der Waals surface area contributed by atoms with Crippen LogP contribution in [0.5, 0.6) is 11.5 Å². The molecule has 1 N–H and O–H groups in total. The summed E-state index contributed by atoms with van der Waals surface area (Å²) in [6.45, 7) is 2.65. The van der Waals surface area contributed by atoms with Crippen LogP contribution in [0.2, 0.25) is 0 Å². The molecule has 2 aromatic rings. The van der Waals surface area contributed by atoms with Crippen LogP contribution in [0.1, 0.15) is 44.9 Å². The van der Waals surface area contributed by atoms with E-state index in [0.29, 0.717) is 36.6 Å². The molecule has 1 aromatic carbocycles. The molecular formula is C20H22N2O4.